The summed E-state index contributed by atoms with van der Waals surface area (Å²) < 4.78 is 0. The maximum Gasteiger partial charge on any atom is 0.197 e. The Morgan fingerprint density at radius 1 is 1.10 bits per heavy atom. The van der Waals surface area contributed by atoms with E-state index in [9.17, 15) is 0 Å². The molecular weight excluding hydrogens is 250 g/mol. The van der Waals surface area contributed by atoms with Gasteiger partial charge in [-0.2, -0.15) is 0 Å². The number of hydrogen-bond donors (Lipinski definition) is 4. The fourth-order valence-electron chi connectivity index (χ4n) is 2.41. The number of benzene rings is 1. The molecule has 0 spiro atoms. The molecule has 1 saturated heterocycles. The molecule has 1 aromatic carbocycles. The van der Waals surface area contributed by atoms with Gasteiger partial charge < -0.3 is 10.2 Å². The first kappa shape index (κ1) is 14.4. The molecule has 0 saturated carbocycles. The molecule has 1 aromatic rings. The van der Waals surface area contributed by atoms with Gasteiger partial charge in [-0.25, -0.2) is 0 Å². The fourth-order valence-corrected chi connectivity index (χ4v) is 2.41. The molecular formula is C15H23N5. The molecule has 4 N–H and O–H groups in total. The average Bonchev–Trinajstić information content (AvgIpc) is 2.93. The van der Waals surface area contributed by atoms with Gasteiger partial charge in [-0.15, -0.1) is 0 Å². The van der Waals surface area contributed by atoms with E-state index in [0.29, 0.717) is 5.96 Å². The summed E-state index contributed by atoms with van der Waals surface area (Å²) in [6, 6.07) is 10.0. The van der Waals surface area contributed by atoms with Gasteiger partial charge >= 0.3 is 0 Å². The summed E-state index contributed by atoms with van der Waals surface area (Å²) in [5, 5.41) is 21.9. The lowest BCUT2D eigenvalue weighted by Gasteiger charge is -2.29. The number of hydrogen-bond acceptors (Lipinski definition) is 2. The summed E-state index contributed by atoms with van der Waals surface area (Å²) in [5.74, 6) is 0.472. The number of nitrogens with one attached hydrogen (secondary N) is 4. The Morgan fingerprint density at radius 3 is 2.30 bits per heavy atom. The van der Waals surface area contributed by atoms with Crippen LogP contribution < -0.4 is 10.6 Å². The van der Waals surface area contributed by atoms with Gasteiger partial charge in [0.2, 0.25) is 0 Å². The van der Waals surface area contributed by atoms with Crippen LogP contribution in [0.1, 0.15) is 32.3 Å². The fraction of sp³-hybridized carbons (Fsp3) is 0.467. The molecule has 0 unspecified atom stereocenters. The van der Waals surface area contributed by atoms with E-state index in [0.717, 1.165) is 31.5 Å². The average molecular weight is 273 g/mol. The van der Waals surface area contributed by atoms with E-state index in [-0.39, 0.29) is 11.5 Å². The van der Waals surface area contributed by atoms with Crippen molar-refractivity contribution >= 4 is 11.9 Å². The van der Waals surface area contributed by atoms with Crippen LogP contribution in [0.15, 0.2) is 30.3 Å². The van der Waals surface area contributed by atoms with Crippen LogP contribution in [-0.2, 0) is 5.54 Å². The van der Waals surface area contributed by atoms with Crippen molar-refractivity contribution in [2.45, 2.75) is 32.2 Å². The molecule has 1 heterocycles. The van der Waals surface area contributed by atoms with Gasteiger partial charge in [0, 0.05) is 13.1 Å². The number of nitrogens with zero attached hydrogens (tertiary/aromatic N) is 1. The molecule has 108 valence electrons. The van der Waals surface area contributed by atoms with Gasteiger partial charge in [-0.3, -0.25) is 16.1 Å². The van der Waals surface area contributed by atoms with Gasteiger partial charge in [0.1, 0.15) is 0 Å². The van der Waals surface area contributed by atoms with Crippen LogP contribution >= 0.6 is 0 Å². The molecule has 20 heavy (non-hydrogen) atoms. The van der Waals surface area contributed by atoms with Crippen molar-refractivity contribution in [3.05, 3.63) is 35.9 Å². The molecule has 5 nitrogen and oxygen atoms in total. The quantitative estimate of drug-likeness (QED) is 0.492. The minimum Gasteiger partial charge on any atom is -0.347 e. The van der Waals surface area contributed by atoms with Gasteiger partial charge in [0.25, 0.3) is 0 Å². The van der Waals surface area contributed by atoms with Crippen LogP contribution in [0.25, 0.3) is 0 Å². The van der Waals surface area contributed by atoms with E-state index >= 15 is 0 Å². The molecule has 0 amide bonds. The van der Waals surface area contributed by atoms with Crippen molar-refractivity contribution in [2.24, 2.45) is 0 Å². The molecule has 0 bridgehead atoms. The van der Waals surface area contributed by atoms with Crippen molar-refractivity contribution in [3.63, 3.8) is 0 Å². The third-order valence-electron chi connectivity index (χ3n) is 3.60. The van der Waals surface area contributed by atoms with Gasteiger partial charge in [0.15, 0.2) is 11.9 Å². The van der Waals surface area contributed by atoms with Crippen LogP contribution in [0.5, 0.6) is 0 Å². The Labute approximate surface area is 120 Å². The van der Waals surface area contributed by atoms with E-state index < -0.39 is 0 Å². The van der Waals surface area contributed by atoms with Crippen LogP contribution in [-0.4, -0.2) is 29.9 Å². The van der Waals surface area contributed by atoms with Crippen LogP contribution in [0.3, 0.4) is 0 Å². The van der Waals surface area contributed by atoms with Crippen molar-refractivity contribution in [1.82, 2.24) is 15.5 Å². The highest BCUT2D eigenvalue weighted by atomic mass is 15.3. The van der Waals surface area contributed by atoms with Crippen LogP contribution in [0, 0.1) is 10.8 Å². The lowest BCUT2D eigenvalue weighted by atomic mass is 9.94. The first-order valence-corrected chi connectivity index (χ1v) is 7.02. The van der Waals surface area contributed by atoms with Crippen molar-refractivity contribution in [1.29, 1.82) is 10.8 Å². The highest BCUT2D eigenvalue weighted by Crippen LogP contribution is 2.18. The Morgan fingerprint density at radius 2 is 1.70 bits per heavy atom. The minimum absolute atomic E-state index is 0.163. The second-order valence-electron chi connectivity index (χ2n) is 5.66. The maximum absolute atomic E-state index is 8.00. The summed E-state index contributed by atoms with van der Waals surface area (Å²) >= 11 is 0. The summed E-state index contributed by atoms with van der Waals surface area (Å²) in [6.07, 6.45) is 2.25. The smallest absolute Gasteiger partial charge is 0.197 e. The van der Waals surface area contributed by atoms with Crippen LogP contribution in [0.4, 0.5) is 0 Å². The largest absolute Gasteiger partial charge is 0.347 e. The maximum atomic E-state index is 8.00. The normalized spacial score (nSPS) is 15.0. The monoisotopic (exact) mass is 273 g/mol. The Hall–Kier alpha value is -2.04. The molecule has 1 aliphatic rings. The van der Waals surface area contributed by atoms with E-state index in [1.165, 1.54) is 0 Å². The second-order valence-corrected chi connectivity index (χ2v) is 5.66. The third kappa shape index (κ3) is 3.50. The molecule has 1 fully saturated rings. The summed E-state index contributed by atoms with van der Waals surface area (Å²) in [4.78, 5) is 1.96. The van der Waals surface area contributed by atoms with Crippen molar-refractivity contribution < 1.29 is 0 Å². The van der Waals surface area contributed by atoms with E-state index in [4.69, 9.17) is 10.8 Å². The van der Waals surface area contributed by atoms with Gasteiger partial charge in [-0.1, -0.05) is 30.3 Å². The zero-order chi connectivity index (χ0) is 14.6. The lowest BCUT2D eigenvalue weighted by molar-refractivity contribution is 0.471. The number of guanidine groups is 2. The van der Waals surface area contributed by atoms with E-state index in [1.54, 1.807) is 0 Å². The van der Waals surface area contributed by atoms with E-state index in [1.807, 2.05) is 49.1 Å². The van der Waals surface area contributed by atoms with Gasteiger partial charge in [0.05, 0.1) is 5.54 Å². The minimum atomic E-state index is -0.351. The molecule has 2 rings (SSSR count). The molecule has 5 heteroatoms. The first-order chi connectivity index (χ1) is 9.49. The van der Waals surface area contributed by atoms with E-state index in [2.05, 4.69) is 10.6 Å². The summed E-state index contributed by atoms with van der Waals surface area (Å²) in [7, 11) is 0. The molecule has 1 aliphatic heterocycles. The summed E-state index contributed by atoms with van der Waals surface area (Å²) in [6.45, 7) is 5.86. The standard InChI is InChI=1S/C15H23N5/c1-15(2,12-8-4-3-5-9-12)19-13(16)18-14(17)20-10-6-7-11-20/h3-5,8-9H,6-7,10-11H2,1-2H3,(H4,16,17,18,19). The third-order valence-corrected chi connectivity index (χ3v) is 3.60. The predicted octanol–water partition coefficient (Wildman–Crippen LogP) is 2.07. The Kier molecular flexibility index (Phi) is 4.27. The first-order valence-electron chi connectivity index (χ1n) is 7.02. The molecule has 0 aliphatic carbocycles. The molecule has 0 atom stereocenters. The van der Waals surface area contributed by atoms with Crippen molar-refractivity contribution in [3.8, 4) is 0 Å². The lowest BCUT2D eigenvalue weighted by Crippen LogP contribution is -2.51. The van der Waals surface area contributed by atoms with Gasteiger partial charge in [-0.05, 0) is 32.3 Å². The number of likely N-dealkylation sites (tertiary alicyclic amines) is 1. The predicted molar refractivity (Wildman–Crippen MR) is 82.0 cm³/mol. The SMILES string of the molecule is CC(C)(NC(=N)NC(=N)N1CCCC1)c1ccccc1. The number of rotatable bonds is 2. The molecule has 0 aromatic heterocycles. The topological polar surface area (TPSA) is 75.0 Å². The highest BCUT2D eigenvalue weighted by Gasteiger charge is 2.22. The van der Waals surface area contributed by atoms with Crippen molar-refractivity contribution in [2.75, 3.05) is 13.1 Å². The highest BCUT2D eigenvalue weighted by molar-refractivity contribution is 5.96. The zero-order valence-corrected chi connectivity index (χ0v) is 12.2. The molecule has 0 radical (unpaired) electrons. The van der Waals surface area contributed by atoms with Crippen LogP contribution in [0.2, 0.25) is 0 Å². The Balaban J connectivity index is 1.92. The Bertz CT molecular complexity index is 474. The second kappa shape index (κ2) is 5.94. The zero-order valence-electron chi connectivity index (χ0n) is 12.2. The summed E-state index contributed by atoms with van der Waals surface area (Å²) in [5.41, 5.74) is 0.760.